The second-order valence-electron chi connectivity index (χ2n) is 10.4. The number of tetrazole rings is 1. The van der Waals surface area contributed by atoms with Gasteiger partial charge >= 0.3 is 0 Å². The Morgan fingerprint density at radius 3 is 2.37 bits per heavy atom. The van der Waals surface area contributed by atoms with Crippen LogP contribution in [0.2, 0.25) is 10.0 Å². The summed E-state index contributed by atoms with van der Waals surface area (Å²) in [5, 5.41) is 14.9. The predicted octanol–water partition coefficient (Wildman–Crippen LogP) is 4.75. The number of H-pyrrole nitrogens is 1. The molecule has 1 amide bonds. The molecule has 1 N–H and O–H groups in total. The summed E-state index contributed by atoms with van der Waals surface area (Å²) < 4.78 is 32.2. The molecule has 1 aliphatic heterocycles. The van der Waals surface area contributed by atoms with Crippen LogP contribution in [-0.2, 0) is 25.8 Å². The van der Waals surface area contributed by atoms with E-state index in [1.54, 1.807) is 49.9 Å². The third-order valence-electron chi connectivity index (χ3n) is 6.79. The zero-order valence-corrected chi connectivity index (χ0v) is 24.0. The van der Waals surface area contributed by atoms with Crippen LogP contribution in [0.3, 0.4) is 0 Å². The molecule has 12 heteroatoms. The number of benzene rings is 2. The summed E-state index contributed by atoms with van der Waals surface area (Å²) in [6, 6.07) is 13.2. The Bertz CT molecular complexity index is 1360. The van der Waals surface area contributed by atoms with Crippen molar-refractivity contribution in [2.45, 2.75) is 69.6 Å². The summed E-state index contributed by atoms with van der Waals surface area (Å²) in [6.45, 7) is 6.89. The van der Waals surface area contributed by atoms with Gasteiger partial charge in [-0.1, -0.05) is 54.4 Å². The van der Waals surface area contributed by atoms with E-state index in [2.05, 4.69) is 20.6 Å². The van der Waals surface area contributed by atoms with E-state index >= 15 is 0 Å². The highest BCUT2D eigenvalue weighted by atomic mass is 35.5. The third kappa shape index (κ3) is 6.03. The molecule has 0 saturated carbocycles. The van der Waals surface area contributed by atoms with Crippen LogP contribution < -0.4 is 0 Å². The first-order valence-corrected chi connectivity index (χ1v) is 14.8. The molecular weight excluding hydrogens is 549 g/mol. The average Bonchev–Trinajstić information content (AvgIpc) is 3.37. The summed E-state index contributed by atoms with van der Waals surface area (Å²) in [5.41, 5.74) is 1.52. The molecule has 0 spiro atoms. The molecule has 9 nitrogen and oxygen atoms in total. The average molecular weight is 581 g/mol. The lowest BCUT2D eigenvalue weighted by Gasteiger charge is -2.48. The fraction of sp³-hybridized carbons (Fsp3) is 0.462. The largest absolute Gasteiger partial charge is 0.357 e. The molecule has 1 aromatic heterocycles. The molecular formula is C26H31Cl2N5O4S. The molecule has 4 atom stereocenters. The monoisotopic (exact) mass is 579 g/mol. The van der Waals surface area contributed by atoms with E-state index in [1.807, 2.05) is 31.2 Å². The van der Waals surface area contributed by atoms with Crippen molar-refractivity contribution in [1.29, 1.82) is 0 Å². The highest BCUT2D eigenvalue weighted by Gasteiger charge is 2.48. The second kappa shape index (κ2) is 11.3. The summed E-state index contributed by atoms with van der Waals surface area (Å²) >= 11 is 12.5. The molecule has 38 heavy (non-hydrogen) atoms. The number of aromatic nitrogens is 4. The maximum absolute atomic E-state index is 14.2. The number of nitrogens with zero attached hydrogens (tertiary/aromatic N) is 4. The number of aromatic amines is 1. The zero-order valence-electron chi connectivity index (χ0n) is 21.6. The highest BCUT2D eigenvalue weighted by Crippen LogP contribution is 2.45. The summed E-state index contributed by atoms with van der Waals surface area (Å²) in [5.74, 6) is -0.147. The van der Waals surface area contributed by atoms with Gasteiger partial charge in [0.25, 0.3) is 5.91 Å². The van der Waals surface area contributed by atoms with Crippen molar-refractivity contribution in [1.82, 2.24) is 25.5 Å². The van der Waals surface area contributed by atoms with Crippen molar-refractivity contribution >= 4 is 38.9 Å². The van der Waals surface area contributed by atoms with E-state index in [0.29, 0.717) is 22.3 Å². The van der Waals surface area contributed by atoms with Crippen LogP contribution in [-0.4, -0.2) is 62.5 Å². The Kier molecular flexibility index (Phi) is 8.46. The number of hydrogen-bond acceptors (Lipinski definition) is 7. The summed E-state index contributed by atoms with van der Waals surface area (Å²) in [6.07, 6.45) is -1.09. The van der Waals surface area contributed by atoms with Crippen LogP contribution in [0, 0.1) is 0 Å². The molecule has 4 rings (SSSR count). The van der Waals surface area contributed by atoms with Crippen LogP contribution in [0.25, 0.3) is 0 Å². The quantitative estimate of drug-likeness (QED) is 0.409. The molecule has 0 radical (unpaired) electrons. The number of nitrogens with one attached hydrogen (secondary N) is 1. The molecule has 2 heterocycles. The number of carbonyl (C=O) groups excluding carboxylic acids is 1. The van der Waals surface area contributed by atoms with E-state index in [9.17, 15) is 13.2 Å². The molecule has 1 unspecified atom stereocenters. The fourth-order valence-electron chi connectivity index (χ4n) is 4.58. The van der Waals surface area contributed by atoms with Crippen LogP contribution in [0.1, 0.15) is 63.2 Å². The minimum Gasteiger partial charge on any atom is -0.357 e. The Morgan fingerprint density at radius 2 is 1.79 bits per heavy atom. The first-order valence-electron chi connectivity index (χ1n) is 12.3. The maximum Gasteiger partial charge on any atom is 0.253 e. The Morgan fingerprint density at radius 1 is 1.08 bits per heavy atom. The van der Waals surface area contributed by atoms with E-state index in [4.69, 9.17) is 27.9 Å². The maximum atomic E-state index is 14.2. The van der Waals surface area contributed by atoms with Crippen LogP contribution in [0.4, 0.5) is 0 Å². The molecule has 1 saturated heterocycles. The van der Waals surface area contributed by atoms with E-state index < -0.39 is 38.9 Å². The molecule has 2 aromatic carbocycles. The summed E-state index contributed by atoms with van der Waals surface area (Å²) in [7, 11) is -3.57. The van der Waals surface area contributed by atoms with Crippen LogP contribution in [0.5, 0.6) is 0 Å². The highest BCUT2D eigenvalue weighted by molar-refractivity contribution is 7.92. The van der Waals surface area contributed by atoms with Gasteiger partial charge in [-0.3, -0.25) is 4.79 Å². The zero-order chi connectivity index (χ0) is 27.7. The Hall–Kier alpha value is -2.53. The third-order valence-corrected chi connectivity index (χ3v) is 9.97. The fourth-order valence-corrected chi connectivity index (χ4v) is 6.31. The number of hydrogen-bond donors (Lipinski definition) is 1. The number of halogens is 2. The van der Waals surface area contributed by atoms with Gasteiger partial charge < -0.3 is 9.64 Å². The van der Waals surface area contributed by atoms with Crippen molar-refractivity contribution in [2.75, 3.05) is 5.75 Å². The van der Waals surface area contributed by atoms with Crippen LogP contribution >= 0.6 is 23.2 Å². The van der Waals surface area contributed by atoms with Crippen molar-refractivity contribution in [3.8, 4) is 0 Å². The first kappa shape index (κ1) is 28.5. The van der Waals surface area contributed by atoms with Gasteiger partial charge in [0.1, 0.15) is 12.2 Å². The standard InChI is InChI=1S/C26H31Cl2N5O4S/c1-5-20(15-38(35,36)26(2,3)4)33-23(16-9-11-18(27)12-10-16)24(17-7-6-8-19(28)13-17)37-21(25(33)34)14-22-29-31-32-30-22/h6-13,20-21,23-24H,5,14-15H2,1-4H3,(H,29,30,31,32)/t20?,21-,23+,24+/m0/s1. The normalized spacial score (nSPS) is 21.5. The van der Waals surface area contributed by atoms with Gasteiger partial charge in [-0.05, 0) is 73.0 Å². The van der Waals surface area contributed by atoms with Gasteiger partial charge in [-0.15, -0.1) is 5.10 Å². The number of ether oxygens (including phenoxy) is 1. The molecule has 1 aliphatic rings. The van der Waals surface area contributed by atoms with Crippen molar-refractivity contribution < 1.29 is 17.9 Å². The molecule has 204 valence electrons. The minimum atomic E-state index is -3.57. The van der Waals surface area contributed by atoms with Crippen molar-refractivity contribution in [3.63, 3.8) is 0 Å². The summed E-state index contributed by atoms with van der Waals surface area (Å²) in [4.78, 5) is 15.8. The SMILES string of the molecule is CCC(CS(=O)(=O)C(C)(C)C)N1C(=O)[C@H](Cc2nnn[nH]2)O[C@H](c2cccc(Cl)c2)[C@H]1c1ccc(Cl)cc1. The van der Waals surface area contributed by atoms with Gasteiger partial charge in [0.05, 0.1) is 16.5 Å². The Labute approximate surface area is 232 Å². The number of sulfone groups is 1. The van der Waals surface area contributed by atoms with Crippen molar-refractivity contribution in [2.24, 2.45) is 0 Å². The minimum absolute atomic E-state index is 0.0925. The smallest absolute Gasteiger partial charge is 0.253 e. The van der Waals surface area contributed by atoms with Gasteiger partial charge in [-0.25, -0.2) is 13.5 Å². The van der Waals surface area contributed by atoms with Gasteiger partial charge in [0.15, 0.2) is 15.7 Å². The lowest BCUT2D eigenvalue weighted by atomic mass is 9.89. The molecule has 0 aliphatic carbocycles. The van der Waals surface area contributed by atoms with E-state index in [0.717, 1.165) is 11.1 Å². The second-order valence-corrected chi connectivity index (χ2v) is 14.0. The predicted molar refractivity (Wildman–Crippen MR) is 146 cm³/mol. The number of rotatable bonds is 8. The topological polar surface area (TPSA) is 118 Å². The number of carbonyl (C=O) groups is 1. The lowest BCUT2D eigenvalue weighted by Crippen LogP contribution is -2.57. The van der Waals surface area contributed by atoms with E-state index in [-0.39, 0.29) is 18.1 Å². The number of morpholine rings is 1. The van der Waals surface area contributed by atoms with Gasteiger partial charge in [0.2, 0.25) is 0 Å². The van der Waals surface area contributed by atoms with Gasteiger partial charge in [0, 0.05) is 22.5 Å². The Balaban J connectivity index is 1.87. The number of amides is 1. The molecule has 0 bridgehead atoms. The molecule has 3 aromatic rings. The first-order chi connectivity index (χ1) is 17.9. The van der Waals surface area contributed by atoms with Crippen LogP contribution in [0.15, 0.2) is 48.5 Å². The van der Waals surface area contributed by atoms with Gasteiger partial charge in [-0.2, -0.15) is 0 Å². The van der Waals surface area contributed by atoms with E-state index in [1.165, 1.54) is 0 Å². The molecule has 1 fully saturated rings. The van der Waals surface area contributed by atoms with Crippen molar-refractivity contribution in [3.05, 3.63) is 75.5 Å². The lowest BCUT2D eigenvalue weighted by molar-refractivity contribution is -0.178.